The molecule has 0 atom stereocenters. The second kappa shape index (κ2) is 4.88. The van der Waals surface area contributed by atoms with Gasteiger partial charge in [0.15, 0.2) is 0 Å². The predicted octanol–water partition coefficient (Wildman–Crippen LogP) is 2.04. The smallest absolute Gasteiger partial charge is 0.140 e. The molecule has 0 aromatic carbocycles. The highest BCUT2D eigenvalue weighted by molar-refractivity contribution is 7.09. The van der Waals surface area contributed by atoms with Crippen LogP contribution in [0.2, 0.25) is 0 Å². The molecule has 0 bridgehead atoms. The van der Waals surface area contributed by atoms with Gasteiger partial charge in [0.25, 0.3) is 0 Å². The molecule has 0 saturated carbocycles. The number of fused-ring (bicyclic) bond motifs is 1. The molecule has 3 aromatic rings. The minimum Gasteiger partial charge on any atom is -0.330 e. The van der Waals surface area contributed by atoms with Gasteiger partial charge in [-0.1, -0.05) is 0 Å². The number of thiazole rings is 1. The highest BCUT2D eigenvalue weighted by Crippen LogP contribution is 2.21. The van der Waals surface area contributed by atoms with Crippen LogP contribution in [-0.2, 0) is 13.0 Å². The van der Waals surface area contributed by atoms with Gasteiger partial charge in [0, 0.05) is 28.9 Å². The molecule has 4 nitrogen and oxygen atoms in total. The van der Waals surface area contributed by atoms with Crippen LogP contribution in [0.25, 0.3) is 11.0 Å². The van der Waals surface area contributed by atoms with Crippen LogP contribution in [0, 0.1) is 0 Å². The van der Waals surface area contributed by atoms with Crippen molar-refractivity contribution in [1.29, 1.82) is 0 Å². The van der Waals surface area contributed by atoms with Crippen molar-refractivity contribution in [3.63, 3.8) is 0 Å². The van der Waals surface area contributed by atoms with Crippen molar-refractivity contribution in [2.24, 2.45) is 5.73 Å². The molecular weight excluding hydrogens is 244 g/mol. The number of hydrogen-bond donors (Lipinski definition) is 1. The van der Waals surface area contributed by atoms with Gasteiger partial charge >= 0.3 is 0 Å². The molecule has 0 amide bonds. The highest BCUT2D eigenvalue weighted by Gasteiger charge is 2.09. The Morgan fingerprint density at radius 1 is 1.39 bits per heavy atom. The van der Waals surface area contributed by atoms with Gasteiger partial charge in [0.05, 0.1) is 12.1 Å². The zero-order chi connectivity index (χ0) is 12.4. The summed E-state index contributed by atoms with van der Waals surface area (Å²) in [7, 11) is 0. The van der Waals surface area contributed by atoms with Gasteiger partial charge in [0.1, 0.15) is 5.65 Å². The summed E-state index contributed by atoms with van der Waals surface area (Å²) in [6.45, 7) is 1.48. The number of nitrogens with zero attached hydrogens (tertiary/aromatic N) is 3. The standard InChI is InChI=1S/C13H14N4S/c14-4-3-10-7-17(8-11-6-15-9-18-11)13-12(10)2-1-5-16-13/h1-2,5-7,9H,3-4,8,14H2. The van der Waals surface area contributed by atoms with Crippen molar-refractivity contribution in [1.82, 2.24) is 14.5 Å². The van der Waals surface area contributed by atoms with Gasteiger partial charge in [-0.15, -0.1) is 11.3 Å². The predicted molar refractivity (Wildman–Crippen MR) is 73.7 cm³/mol. The Kier molecular flexibility index (Phi) is 3.08. The summed E-state index contributed by atoms with van der Waals surface area (Å²) in [5, 5.41) is 1.20. The van der Waals surface area contributed by atoms with Crippen molar-refractivity contribution in [3.05, 3.63) is 46.7 Å². The van der Waals surface area contributed by atoms with E-state index in [1.807, 2.05) is 24.0 Å². The zero-order valence-electron chi connectivity index (χ0n) is 9.91. The minimum atomic E-state index is 0.661. The monoisotopic (exact) mass is 258 g/mol. The summed E-state index contributed by atoms with van der Waals surface area (Å²) in [5.74, 6) is 0. The molecule has 3 heterocycles. The highest BCUT2D eigenvalue weighted by atomic mass is 32.1. The SMILES string of the molecule is NCCc1cn(Cc2cncs2)c2ncccc12. The maximum absolute atomic E-state index is 5.66. The molecule has 18 heavy (non-hydrogen) atoms. The molecule has 0 fully saturated rings. The van der Waals surface area contributed by atoms with E-state index in [4.69, 9.17) is 5.73 Å². The minimum absolute atomic E-state index is 0.661. The van der Waals surface area contributed by atoms with E-state index in [0.717, 1.165) is 18.6 Å². The maximum Gasteiger partial charge on any atom is 0.140 e. The van der Waals surface area contributed by atoms with Gasteiger partial charge in [0.2, 0.25) is 0 Å². The molecule has 3 rings (SSSR count). The number of nitrogens with two attached hydrogens (primary N) is 1. The Morgan fingerprint density at radius 2 is 2.33 bits per heavy atom. The fourth-order valence-corrected chi connectivity index (χ4v) is 2.75. The zero-order valence-corrected chi connectivity index (χ0v) is 10.7. The molecule has 0 radical (unpaired) electrons. The normalized spacial score (nSPS) is 11.2. The van der Waals surface area contributed by atoms with Crippen LogP contribution >= 0.6 is 11.3 Å². The second-order valence-electron chi connectivity index (χ2n) is 4.16. The van der Waals surface area contributed by atoms with Crippen molar-refractivity contribution in [2.45, 2.75) is 13.0 Å². The molecule has 0 saturated heterocycles. The molecule has 92 valence electrons. The lowest BCUT2D eigenvalue weighted by Crippen LogP contribution is -2.02. The van der Waals surface area contributed by atoms with Gasteiger partial charge in [-0.2, -0.15) is 0 Å². The average molecular weight is 258 g/mol. The molecule has 5 heteroatoms. The lowest BCUT2D eigenvalue weighted by Gasteiger charge is -2.00. The quantitative estimate of drug-likeness (QED) is 0.779. The van der Waals surface area contributed by atoms with E-state index in [2.05, 4.69) is 26.8 Å². The Balaban J connectivity index is 2.05. The first-order chi connectivity index (χ1) is 8.88. The number of pyridine rings is 1. The third-order valence-electron chi connectivity index (χ3n) is 2.94. The van der Waals surface area contributed by atoms with Crippen LogP contribution in [0.5, 0.6) is 0 Å². The Morgan fingerprint density at radius 3 is 3.11 bits per heavy atom. The van der Waals surface area contributed by atoms with Crippen molar-refractivity contribution >= 4 is 22.4 Å². The van der Waals surface area contributed by atoms with Crippen LogP contribution in [0.1, 0.15) is 10.4 Å². The molecule has 0 aliphatic carbocycles. The number of hydrogen-bond acceptors (Lipinski definition) is 4. The largest absolute Gasteiger partial charge is 0.330 e. The van der Waals surface area contributed by atoms with Crippen LogP contribution < -0.4 is 5.73 Å². The van der Waals surface area contributed by atoms with Crippen molar-refractivity contribution in [2.75, 3.05) is 6.54 Å². The lowest BCUT2D eigenvalue weighted by molar-refractivity contribution is 0.828. The first-order valence-electron chi connectivity index (χ1n) is 5.88. The summed E-state index contributed by atoms with van der Waals surface area (Å²) in [6.07, 6.45) is 6.78. The molecule has 2 N–H and O–H groups in total. The van der Waals surface area contributed by atoms with Crippen LogP contribution in [0.15, 0.2) is 36.2 Å². The number of aromatic nitrogens is 3. The summed E-state index contributed by atoms with van der Waals surface area (Å²) >= 11 is 1.66. The first-order valence-corrected chi connectivity index (χ1v) is 6.76. The van der Waals surface area contributed by atoms with E-state index < -0.39 is 0 Å². The average Bonchev–Trinajstić information content (AvgIpc) is 3.00. The third kappa shape index (κ3) is 2.02. The van der Waals surface area contributed by atoms with Crippen LogP contribution in [0.3, 0.4) is 0 Å². The van der Waals surface area contributed by atoms with E-state index in [9.17, 15) is 0 Å². The lowest BCUT2D eigenvalue weighted by atomic mass is 10.2. The molecule has 0 unspecified atom stereocenters. The third-order valence-corrected chi connectivity index (χ3v) is 3.70. The fourth-order valence-electron chi connectivity index (χ4n) is 2.16. The fraction of sp³-hybridized carbons (Fsp3) is 0.231. The Labute approximate surface area is 109 Å². The maximum atomic E-state index is 5.66. The van der Waals surface area contributed by atoms with Gasteiger partial charge in [-0.05, 0) is 30.7 Å². The first kappa shape index (κ1) is 11.4. The molecule has 0 spiro atoms. The summed E-state index contributed by atoms with van der Waals surface area (Å²) in [6, 6.07) is 4.08. The topological polar surface area (TPSA) is 56.7 Å². The van der Waals surface area contributed by atoms with E-state index in [1.165, 1.54) is 15.8 Å². The number of rotatable bonds is 4. The van der Waals surface area contributed by atoms with Gasteiger partial charge < -0.3 is 10.3 Å². The van der Waals surface area contributed by atoms with E-state index >= 15 is 0 Å². The summed E-state index contributed by atoms with van der Waals surface area (Å²) in [4.78, 5) is 9.81. The summed E-state index contributed by atoms with van der Waals surface area (Å²) in [5.41, 5.74) is 9.81. The van der Waals surface area contributed by atoms with Gasteiger partial charge in [-0.25, -0.2) is 4.98 Å². The van der Waals surface area contributed by atoms with E-state index in [-0.39, 0.29) is 0 Å². The van der Waals surface area contributed by atoms with Crippen LogP contribution in [-0.4, -0.2) is 21.1 Å². The summed E-state index contributed by atoms with van der Waals surface area (Å²) < 4.78 is 2.17. The van der Waals surface area contributed by atoms with Crippen molar-refractivity contribution < 1.29 is 0 Å². The second-order valence-corrected chi connectivity index (χ2v) is 5.13. The van der Waals surface area contributed by atoms with E-state index in [0.29, 0.717) is 6.54 Å². The molecule has 0 aliphatic rings. The molecular formula is C13H14N4S. The van der Waals surface area contributed by atoms with E-state index in [1.54, 1.807) is 11.3 Å². The van der Waals surface area contributed by atoms with Gasteiger partial charge in [-0.3, -0.25) is 4.98 Å². The molecule has 0 aliphatic heterocycles. The van der Waals surface area contributed by atoms with Crippen LogP contribution in [0.4, 0.5) is 0 Å². The Bertz CT molecular complexity index is 642. The van der Waals surface area contributed by atoms with Crippen molar-refractivity contribution in [3.8, 4) is 0 Å². The molecule has 3 aromatic heterocycles. The Hall–Kier alpha value is -1.72.